The van der Waals surface area contributed by atoms with Crippen LogP contribution in [0.15, 0.2) is 48.5 Å². The Hall–Kier alpha value is -2.49. The first-order valence-corrected chi connectivity index (χ1v) is 6.33. The van der Waals surface area contributed by atoms with Crippen LogP contribution in [-0.2, 0) is 0 Å². The van der Waals surface area contributed by atoms with E-state index in [0.717, 1.165) is 17.1 Å². The highest BCUT2D eigenvalue weighted by atomic mass is 16.5. The highest BCUT2D eigenvalue weighted by Crippen LogP contribution is 2.17. The van der Waals surface area contributed by atoms with Gasteiger partial charge in [-0.15, -0.1) is 0 Å². The van der Waals surface area contributed by atoms with Crippen molar-refractivity contribution in [1.29, 1.82) is 0 Å². The fourth-order valence-corrected chi connectivity index (χ4v) is 1.80. The van der Waals surface area contributed by atoms with Gasteiger partial charge < -0.3 is 15.0 Å². The summed E-state index contributed by atoms with van der Waals surface area (Å²) in [4.78, 5) is 14.1. The van der Waals surface area contributed by atoms with Crippen LogP contribution in [-0.4, -0.2) is 27.1 Å². The summed E-state index contributed by atoms with van der Waals surface area (Å²) in [5.41, 5.74) is 2.37. The van der Waals surface area contributed by atoms with E-state index < -0.39 is 0 Å². The number of rotatable bonds is 4. The summed E-state index contributed by atoms with van der Waals surface area (Å²) in [6.45, 7) is 0. The molecule has 1 amide bonds. The van der Waals surface area contributed by atoms with Crippen LogP contribution < -0.4 is 15.0 Å². The second kappa shape index (κ2) is 6.10. The Bertz CT molecular complexity index is 592. The van der Waals surface area contributed by atoms with E-state index in [2.05, 4.69) is 5.32 Å². The van der Waals surface area contributed by atoms with E-state index in [1.165, 1.54) is 0 Å². The molecule has 0 aliphatic rings. The van der Waals surface area contributed by atoms with E-state index in [0.29, 0.717) is 5.56 Å². The number of nitrogens with zero attached hydrogens (tertiary/aromatic N) is 1. The molecule has 0 aliphatic heterocycles. The van der Waals surface area contributed by atoms with Gasteiger partial charge in [-0.1, -0.05) is 6.07 Å². The number of amides is 1. The number of benzene rings is 2. The second-order valence-corrected chi connectivity index (χ2v) is 4.63. The molecule has 0 atom stereocenters. The zero-order valence-electron chi connectivity index (χ0n) is 11.9. The first kappa shape index (κ1) is 13.9. The minimum atomic E-state index is -0.126. The molecule has 4 heteroatoms. The number of anilines is 2. The molecule has 104 valence electrons. The van der Waals surface area contributed by atoms with E-state index in [-0.39, 0.29) is 5.91 Å². The van der Waals surface area contributed by atoms with Gasteiger partial charge in [-0.25, -0.2) is 0 Å². The molecule has 2 rings (SSSR count). The number of methoxy groups -OCH3 is 1. The molecule has 0 bridgehead atoms. The summed E-state index contributed by atoms with van der Waals surface area (Å²) >= 11 is 0. The molecule has 0 aromatic heterocycles. The molecule has 1 N–H and O–H groups in total. The van der Waals surface area contributed by atoms with Crippen LogP contribution in [0.5, 0.6) is 5.75 Å². The van der Waals surface area contributed by atoms with Crippen molar-refractivity contribution in [2.24, 2.45) is 0 Å². The molecule has 0 radical (unpaired) electrons. The van der Waals surface area contributed by atoms with E-state index >= 15 is 0 Å². The van der Waals surface area contributed by atoms with Crippen molar-refractivity contribution in [1.82, 2.24) is 0 Å². The second-order valence-electron chi connectivity index (χ2n) is 4.63. The van der Waals surface area contributed by atoms with E-state index in [9.17, 15) is 4.79 Å². The third-order valence-electron chi connectivity index (χ3n) is 2.97. The summed E-state index contributed by atoms with van der Waals surface area (Å²) in [7, 11) is 5.50. The Morgan fingerprint density at radius 1 is 1.10 bits per heavy atom. The number of nitrogens with one attached hydrogen (secondary N) is 1. The van der Waals surface area contributed by atoms with Gasteiger partial charge in [-0.05, 0) is 42.5 Å². The standard InChI is InChI=1S/C16H18N2O2/c1-18(2)14-6-4-5-12(11-14)16(19)17-13-7-9-15(20-3)10-8-13/h4-11H,1-3H3,(H,17,19). The third-order valence-corrected chi connectivity index (χ3v) is 2.97. The summed E-state index contributed by atoms with van der Waals surface area (Å²) in [5, 5.41) is 2.86. The van der Waals surface area contributed by atoms with Crippen LogP contribution in [0.1, 0.15) is 10.4 Å². The van der Waals surface area contributed by atoms with Crippen LogP contribution in [0.3, 0.4) is 0 Å². The average Bonchev–Trinajstić information content (AvgIpc) is 2.48. The molecule has 2 aromatic rings. The first-order chi connectivity index (χ1) is 9.60. The topological polar surface area (TPSA) is 41.6 Å². The Balaban J connectivity index is 2.12. The minimum Gasteiger partial charge on any atom is -0.497 e. The molecular weight excluding hydrogens is 252 g/mol. The molecule has 0 unspecified atom stereocenters. The lowest BCUT2D eigenvalue weighted by molar-refractivity contribution is 0.102. The fourth-order valence-electron chi connectivity index (χ4n) is 1.80. The lowest BCUT2D eigenvalue weighted by atomic mass is 10.1. The van der Waals surface area contributed by atoms with Gasteiger partial charge in [0.25, 0.3) is 5.91 Å². The van der Waals surface area contributed by atoms with Gasteiger partial charge in [0.15, 0.2) is 0 Å². The third kappa shape index (κ3) is 3.29. The van der Waals surface area contributed by atoms with Crippen LogP contribution in [0.4, 0.5) is 11.4 Å². The lowest BCUT2D eigenvalue weighted by Gasteiger charge is -2.13. The zero-order valence-corrected chi connectivity index (χ0v) is 11.9. The van der Waals surface area contributed by atoms with Gasteiger partial charge in [-0.3, -0.25) is 4.79 Å². The van der Waals surface area contributed by atoms with Crippen LogP contribution in [0.25, 0.3) is 0 Å². The van der Waals surface area contributed by atoms with Gasteiger partial charge >= 0.3 is 0 Å². The normalized spacial score (nSPS) is 9.95. The van der Waals surface area contributed by atoms with E-state index in [4.69, 9.17) is 4.74 Å². The van der Waals surface area contributed by atoms with E-state index in [1.807, 2.05) is 61.5 Å². The van der Waals surface area contributed by atoms with Crippen molar-refractivity contribution in [3.8, 4) is 5.75 Å². The SMILES string of the molecule is COc1ccc(NC(=O)c2cccc(N(C)C)c2)cc1. The summed E-state index contributed by atoms with van der Waals surface area (Å²) in [6.07, 6.45) is 0. The highest BCUT2D eigenvalue weighted by molar-refractivity contribution is 6.04. The maximum absolute atomic E-state index is 12.2. The smallest absolute Gasteiger partial charge is 0.255 e. The first-order valence-electron chi connectivity index (χ1n) is 6.33. The van der Waals surface area contributed by atoms with Crippen molar-refractivity contribution in [3.63, 3.8) is 0 Å². The predicted molar refractivity (Wildman–Crippen MR) is 81.7 cm³/mol. The van der Waals surface area contributed by atoms with Gasteiger partial charge in [0.1, 0.15) is 5.75 Å². The molecule has 0 saturated carbocycles. The van der Waals surface area contributed by atoms with Crippen molar-refractivity contribution in [2.45, 2.75) is 0 Å². The molecular formula is C16H18N2O2. The van der Waals surface area contributed by atoms with Crippen LogP contribution in [0.2, 0.25) is 0 Å². The van der Waals surface area contributed by atoms with Crippen molar-refractivity contribution >= 4 is 17.3 Å². The predicted octanol–water partition coefficient (Wildman–Crippen LogP) is 3.01. The van der Waals surface area contributed by atoms with Gasteiger partial charge in [-0.2, -0.15) is 0 Å². The van der Waals surface area contributed by atoms with E-state index in [1.54, 1.807) is 13.2 Å². The maximum Gasteiger partial charge on any atom is 0.255 e. The minimum absolute atomic E-state index is 0.126. The Kier molecular flexibility index (Phi) is 4.25. The molecule has 0 heterocycles. The molecule has 0 spiro atoms. The summed E-state index contributed by atoms with van der Waals surface area (Å²) in [5.74, 6) is 0.636. The Labute approximate surface area is 119 Å². The van der Waals surface area contributed by atoms with Crippen molar-refractivity contribution in [3.05, 3.63) is 54.1 Å². The average molecular weight is 270 g/mol. The summed E-state index contributed by atoms with van der Waals surface area (Å²) in [6, 6.07) is 14.7. The van der Waals surface area contributed by atoms with Crippen molar-refractivity contribution in [2.75, 3.05) is 31.4 Å². The van der Waals surface area contributed by atoms with Crippen molar-refractivity contribution < 1.29 is 9.53 Å². The Morgan fingerprint density at radius 3 is 2.40 bits per heavy atom. The monoisotopic (exact) mass is 270 g/mol. The highest BCUT2D eigenvalue weighted by Gasteiger charge is 2.07. The Morgan fingerprint density at radius 2 is 1.80 bits per heavy atom. The lowest BCUT2D eigenvalue weighted by Crippen LogP contribution is -2.14. The molecule has 0 fully saturated rings. The summed E-state index contributed by atoms with van der Waals surface area (Å²) < 4.78 is 5.08. The number of carbonyl (C=O) groups is 1. The van der Waals surface area contributed by atoms with Gasteiger partial charge in [0, 0.05) is 31.0 Å². The molecule has 20 heavy (non-hydrogen) atoms. The van der Waals surface area contributed by atoms with Gasteiger partial charge in [0.05, 0.1) is 7.11 Å². The molecule has 4 nitrogen and oxygen atoms in total. The fraction of sp³-hybridized carbons (Fsp3) is 0.188. The molecule has 2 aromatic carbocycles. The van der Waals surface area contributed by atoms with Crippen LogP contribution in [0, 0.1) is 0 Å². The number of hydrogen-bond acceptors (Lipinski definition) is 3. The van der Waals surface area contributed by atoms with Crippen LogP contribution >= 0.6 is 0 Å². The maximum atomic E-state index is 12.2. The number of ether oxygens (including phenoxy) is 1. The number of carbonyl (C=O) groups excluding carboxylic acids is 1. The zero-order chi connectivity index (χ0) is 14.5. The quantitative estimate of drug-likeness (QED) is 0.928. The number of hydrogen-bond donors (Lipinski definition) is 1. The molecule has 0 aliphatic carbocycles. The largest absolute Gasteiger partial charge is 0.497 e. The molecule has 0 saturated heterocycles. The van der Waals surface area contributed by atoms with Gasteiger partial charge in [0.2, 0.25) is 0 Å².